The lowest BCUT2D eigenvalue weighted by molar-refractivity contribution is 0.454. The van der Waals surface area contributed by atoms with E-state index in [9.17, 15) is 0 Å². The molecule has 0 unspecified atom stereocenters. The molecule has 2 aromatic heterocycles. The number of hydrogen-bond donors (Lipinski definition) is 1. The lowest BCUT2D eigenvalue weighted by atomic mass is 10.1. The van der Waals surface area contributed by atoms with Crippen molar-refractivity contribution in [2.45, 2.75) is 32.6 Å². The highest BCUT2D eigenvalue weighted by molar-refractivity contribution is 6.37. The minimum absolute atomic E-state index is 0.179. The van der Waals surface area contributed by atoms with E-state index in [1.54, 1.807) is 18.2 Å². The molecule has 0 aliphatic rings. The molecule has 1 N–H and O–H groups in total. The van der Waals surface area contributed by atoms with Crippen molar-refractivity contribution in [3.8, 4) is 11.6 Å². The maximum atomic E-state index is 6.35. The van der Waals surface area contributed by atoms with E-state index in [0.717, 1.165) is 11.1 Å². The minimum atomic E-state index is 0.179. The molecule has 3 aromatic rings. The first-order valence-electron chi connectivity index (χ1n) is 7.85. The van der Waals surface area contributed by atoms with Crippen LogP contribution in [0.4, 0.5) is 0 Å². The van der Waals surface area contributed by atoms with Crippen LogP contribution in [0.1, 0.15) is 36.7 Å². The van der Waals surface area contributed by atoms with E-state index in [-0.39, 0.29) is 11.8 Å². The molecule has 0 atom stereocenters. The third kappa shape index (κ3) is 4.41. The number of H-pyrrole nitrogens is 1. The van der Waals surface area contributed by atoms with Gasteiger partial charge in [-0.3, -0.25) is 0 Å². The summed E-state index contributed by atoms with van der Waals surface area (Å²) in [4.78, 5) is 0. The molecule has 0 spiro atoms. The van der Waals surface area contributed by atoms with Gasteiger partial charge in [-0.2, -0.15) is 5.21 Å². The van der Waals surface area contributed by atoms with Crippen LogP contribution in [0, 0.1) is 0 Å². The first-order valence-corrected chi connectivity index (χ1v) is 8.98. The minimum Gasteiger partial charge on any atom is -0.434 e. The Hall–Kier alpha value is -1.96. The fourth-order valence-electron chi connectivity index (χ4n) is 2.33. The number of benzene rings is 1. The third-order valence-electron chi connectivity index (χ3n) is 3.67. The molecule has 136 valence electrons. The molecular weight excluding hydrogens is 399 g/mol. The van der Waals surface area contributed by atoms with Gasteiger partial charge in [-0.1, -0.05) is 53.9 Å². The summed E-state index contributed by atoms with van der Waals surface area (Å²) in [5.41, 5.74) is 1.77. The summed E-state index contributed by atoms with van der Waals surface area (Å²) in [7, 11) is 0. The fraction of sp³-hybridized carbons (Fsp3) is 0.312. The predicted octanol–water partition coefficient (Wildman–Crippen LogP) is 4.65. The maximum Gasteiger partial charge on any atom is 0.239 e. The zero-order valence-electron chi connectivity index (χ0n) is 14.0. The van der Waals surface area contributed by atoms with Crippen LogP contribution < -0.4 is 4.74 Å². The second kappa shape index (κ2) is 8.16. The molecule has 0 fully saturated rings. The first-order chi connectivity index (χ1) is 12.4. The molecule has 0 bridgehead atoms. The van der Waals surface area contributed by atoms with Crippen LogP contribution in [0.3, 0.4) is 0 Å². The third-order valence-corrected chi connectivity index (χ3v) is 4.52. The second-order valence-electron chi connectivity index (χ2n) is 5.90. The van der Waals surface area contributed by atoms with Crippen molar-refractivity contribution in [1.82, 2.24) is 30.8 Å². The summed E-state index contributed by atoms with van der Waals surface area (Å²) in [6.45, 7) is 4.01. The first kappa shape index (κ1) is 18.8. The summed E-state index contributed by atoms with van der Waals surface area (Å²) in [5.74, 6) is 1.40. The van der Waals surface area contributed by atoms with Crippen LogP contribution in [0.5, 0.6) is 11.6 Å². The molecular formula is C16H15Cl3N6O. The number of aromatic amines is 1. The Labute approximate surface area is 165 Å². The number of tetrazole rings is 1. The van der Waals surface area contributed by atoms with Gasteiger partial charge in [0.25, 0.3) is 0 Å². The molecule has 0 saturated heterocycles. The molecule has 2 heterocycles. The lowest BCUT2D eigenvalue weighted by Crippen LogP contribution is -1.99. The number of ether oxygens (including phenoxy) is 1. The fourth-order valence-corrected chi connectivity index (χ4v) is 3.25. The molecule has 3 rings (SSSR count). The SMILES string of the molecule is CC(C)c1cc(Oc2c(Cl)cc(CCc3nn[nH]n3)cc2Cl)nnc1Cl. The van der Waals surface area contributed by atoms with Crippen molar-refractivity contribution >= 4 is 34.8 Å². The van der Waals surface area contributed by atoms with Crippen molar-refractivity contribution in [1.29, 1.82) is 0 Å². The Morgan fingerprint density at radius 3 is 2.35 bits per heavy atom. The Morgan fingerprint density at radius 2 is 1.73 bits per heavy atom. The number of aryl methyl sites for hydroxylation is 2. The summed E-state index contributed by atoms with van der Waals surface area (Å²) in [6, 6.07) is 5.31. The van der Waals surface area contributed by atoms with Gasteiger partial charge >= 0.3 is 0 Å². The van der Waals surface area contributed by atoms with Gasteiger partial charge in [0.1, 0.15) is 0 Å². The van der Waals surface area contributed by atoms with E-state index in [4.69, 9.17) is 39.5 Å². The van der Waals surface area contributed by atoms with E-state index in [1.807, 2.05) is 13.8 Å². The highest BCUT2D eigenvalue weighted by Crippen LogP contribution is 2.38. The largest absolute Gasteiger partial charge is 0.434 e. The van der Waals surface area contributed by atoms with Gasteiger partial charge in [0.05, 0.1) is 10.0 Å². The van der Waals surface area contributed by atoms with Crippen molar-refractivity contribution in [3.63, 3.8) is 0 Å². The number of halogens is 3. The van der Waals surface area contributed by atoms with Crippen LogP contribution in [0.15, 0.2) is 18.2 Å². The van der Waals surface area contributed by atoms with Gasteiger partial charge in [0.2, 0.25) is 5.88 Å². The smallest absolute Gasteiger partial charge is 0.239 e. The number of aromatic nitrogens is 6. The summed E-state index contributed by atoms with van der Waals surface area (Å²) >= 11 is 18.7. The predicted molar refractivity (Wildman–Crippen MR) is 99.3 cm³/mol. The zero-order valence-corrected chi connectivity index (χ0v) is 16.3. The van der Waals surface area contributed by atoms with Crippen molar-refractivity contribution in [3.05, 3.63) is 50.3 Å². The second-order valence-corrected chi connectivity index (χ2v) is 7.07. The molecule has 1 aromatic carbocycles. The Morgan fingerprint density at radius 1 is 1.00 bits per heavy atom. The zero-order chi connectivity index (χ0) is 18.7. The molecule has 0 aliphatic carbocycles. The van der Waals surface area contributed by atoms with Crippen LogP contribution in [0.2, 0.25) is 15.2 Å². The molecule has 0 aliphatic heterocycles. The average molecular weight is 414 g/mol. The summed E-state index contributed by atoms with van der Waals surface area (Å²) < 4.78 is 5.76. The highest BCUT2D eigenvalue weighted by atomic mass is 35.5. The summed E-state index contributed by atoms with van der Waals surface area (Å²) in [6.07, 6.45) is 1.28. The van der Waals surface area contributed by atoms with Gasteiger partial charge in [-0.05, 0) is 35.6 Å². The van der Waals surface area contributed by atoms with Crippen molar-refractivity contribution < 1.29 is 4.74 Å². The monoisotopic (exact) mass is 412 g/mol. The molecule has 7 nitrogen and oxygen atoms in total. The number of nitrogens with zero attached hydrogens (tertiary/aromatic N) is 5. The Balaban J connectivity index is 1.79. The summed E-state index contributed by atoms with van der Waals surface area (Å²) in [5, 5.41) is 22.7. The number of hydrogen-bond acceptors (Lipinski definition) is 6. The number of nitrogens with one attached hydrogen (secondary N) is 1. The highest BCUT2D eigenvalue weighted by Gasteiger charge is 2.15. The Kier molecular flexibility index (Phi) is 5.90. The van der Waals surface area contributed by atoms with Crippen molar-refractivity contribution in [2.75, 3.05) is 0 Å². The molecule has 26 heavy (non-hydrogen) atoms. The van der Waals surface area contributed by atoms with Crippen LogP contribution >= 0.6 is 34.8 Å². The molecule has 10 heteroatoms. The van der Waals surface area contributed by atoms with Gasteiger partial charge < -0.3 is 4.74 Å². The van der Waals surface area contributed by atoms with Gasteiger partial charge in [-0.15, -0.1) is 20.4 Å². The van der Waals surface area contributed by atoms with Crippen molar-refractivity contribution in [2.24, 2.45) is 0 Å². The van der Waals surface area contributed by atoms with E-state index in [0.29, 0.717) is 39.6 Å². The average Bonchev–Trinajstić information content (AvgIpc) is 3.11. The Bertz CT molecular complexity index is 878. The molecule has 0 amide bonds. The normalized spacial score (nSPS) is 11.2. The van der Waals surface area contributed by atoms with Crippen LogP contribution in [-0.2, 0) is 12.8 Å². The van der Waals surface area contributed by atoms with Crippen LogP contribution in [-0.4, -0.2) is 30.8 Å². The van der Waals surface area contributed by atoms with E-state index in [1.165, 1.54) is 0 Å². The lowest BCUT2D eigenvalue weighted by Gasteiger charge is -2.12. The van der Waals surface area contributed by atoms with E-state index < -0.39 is 0 Å². The van der Waals surface area contributed by atoms with E-state index >= 15 is 0 Å². The standard InChI is InChI=1S/C16H15Cl3N6O/c1-8(2)10-7-14(22-23-16(10)19)26-15-11(17)5-9(6-12(15)18)3-4-13-20-24-25-21-13/h5-8H,3-4H2,1-2H3,(H,20,21,24,25). The quantitative estimate of drug-likeness (QED) is 0.632. The molecule has 0 radical (unpaired) electrons. The van der Waals surface area contributed by atoms with Crippen LogP contribution in [0.25, 0.3) is 0 Å². The topological polar surface area (TPSA) is 89.5 Å². The van der Waals surface area contributed by atoms with Gasteiger partial charge in [-0.25, -0.2) is 0 Å². The number of rotatable bonds is 6. The molecule has 0 saturated carbocycles. The maximum absolute atomic E-state index is 6.35. The van der Waals surface area contributed by atoms with E-state index in [2.05, 4.69) is 30.8 Å². The van der Waals surface area contributed by atoms with Gasteiger partial charge in [0, 0.05) is 12.5 Å². The van der Waals surface area contributed by atoms with Gasteiger partial charge in [0.15, 0.2) is 16.7 Å².